The van der Waals surface area contributed by atoms with Gasteiger partial charge in [0.05, 0.1) is 0 Å². The van der Waals surface area contributed by atoms with Crippen molar-refractivity contribution in [3.63, 3.8) is 0 Å². The highest BCUT2D eigenvalue weighted by atomic mass is 16.8. The highest BCUT2D eigenvalue weighted by molar-refractivity contribution is 5.27. The summed E-state index contributed by atoms with van der Waals surface area (Å²) in [6.07, 6.45) is 2.26. The molecule has 1 saturated heterocycles. The Morgan fingerprint density at radius 2 is 1.38 bits per heavy atom. The summed E-state index contributed by atoms with van der Waals surface area (Å²) in [4.78, 5) is 0. The van der Waals surface area contributed by atoms with Crippen molar-refractivity contribution in [2.24, 2.45) is 5.41 Å². The fraction of sp³-hybridized carbons (Fsp3) is 0.429. The third-order valence-corrected chi connectivity index (χ3v) is 5.40. The van der Waals surface area contributed by atoms with E-state index in [1.54, 1.807) is 0 Å². The maximum atomic E-state index is 9.72. The lowest BCUT2D eigenvalue weighted by molar-refractivity contribution is -0.177. The summed E-state index contributed by atoms with van der Waals surface area (Å²) >= 11 is 0. The Labute approximate surface area is 143 Å². The van der Waals surface area contributed by atoms with Gasteiger partial charge in [0.2, 0.25) is 0 Å². The van der Waals surface area contributed by atoms with Crippen molar-refractivity contribution >= 4 is 0 Å². The largest absolute Gasteiger partial charge is 0.396 e. The number of ether oxygens (including phenoxy) is 2. The van der Waals surface area contributed by atoms with E-state index >= 15 is 0 Å². The summed E-state index contributed by atoms with van der Waals surface area (Å²) in [6, 6.07) is 20.6. The van der Waals surface area contributed by atoms with E-state index in [-0.39, 0.29) is 24.2 Å². The molecule has 126 valence electrons. The van der Waals surface area contributed by atoms with Crippen LogP contribution in [0.5, 0.6) is 0 Å². The van der Waals surface area contributed by atoms with Gasteiger partial charge in [-0.25, -0.2) is 0 Å². The van der Waals surface area contributed by atoms with E-state index in [4.69, 9.17) is 9.47 Å². The first-order valence-corrected chi connectivity index (χ1v) is 8.70. The lowest BCUT2D eigenvalue weighted by atomic mass is 9.90. The van der Waals surface area contributed by atoms with Crippen molar-refractivity contribution in [2.75, 3.05) is 6.61 Å². The third kappa shape index (κ3) is 2.77. The lowest BCUT2D eigenvalue weighted by Gasteiger charge is -2.26. The maximum Gasteiger partial charge on any atom is 0.170 e. The molecule has 0 radical (unpaired) electrons. The predicted molar refractivity (Wildman–Crippen MR) is 92.3 cm³/mol. The number of rotatable bonds is 3. The van der Waals surface area contributed by atoms with Gasteiger partial charge in [-0.1, -0.05) is 67.6 Å². The first-order valence-electron chi connectivity index (χ1n) is 8.70. The van der Waals surface area contributed by atoms with E-state index in [1.807, 2.05) is 36.4 Å². The fourth-order valence-electron chi connectivity index (χ4n) is 4.04. The Balaban J connectivity index is 1.69. The van der Waals surface area contributed by atoms with Gasteiger partial charge >= 0.3 is 0 Å². The van der Waals surface area contributed by atoms with Crippen LogP contribution in [0.3, 0.4) is 0 Å². The molecule has 1 N–H and O–H groups in total. The van der Waals surface area contributed by atoms with Crippen molar-refractivity contribution < 1.29 is 14.6 Å². The molecule has 2 aliphatic rings. The van der Waals surface area contributed by atoms with Gasteiger partial charge in [0, 0.05) is 19.4 Å². The molecule has 0 bridgehead atoms. The van der Waals surface area contributed by atoms with Crippen LogP contribution in [-0.2, 0) is 9.47 Å². The molecule has 2 aromatic carbocycles. The van der Waals surface area contributed by atoms with Crippen LogP contribution in [0.4, 0.5) is 0 Å². The zero-order chi connectivity index (χ0) is 16.6. The Morgan fingerprint density at radius 3 is 1.79 bits per heavy atom. The number of aliphatic hydroxyl groups excluding tert-OH is 1. The molecule has 1 saturated carbocycles. The normalized spacial score (nSPS) is 35.6. The second-order valence-electron chi connectivity index (χ2n) is 7.45. The molecule has 2 aromatic rings. The molecular weight excluding hydrogens is 300 g/mol. The molecule has 3 nitrogen and oxygen atoms in total. The second-order valence-corrected chi connectivity index (χ2v) is 7.45. The average molecular weight is 324 g/mol. The molecule has 1 aliphatic heterocycles. The van der Waals surface area contributed by atoms with Crippen LogP contribution < -0.4 is 0 Å². The summed E-state index contributed by atoms with van der Waals surface area (Å²) in [5, 5.41) is 9.72. The third-order valence-electron chi connectivity index (χ3n) is 5.40. The lowest BCUT2D eigenvalue weighted by Crippen LogP contribution is -2.29. The van der Waals surface area contributed by atoms with Gasteiger partial charge in [0.1, 0.15) is 12.2 Å². The Bertz CT molecular complexity index is 637. The molecule has 1 heterocycles. The van der Waals surface area contributed by atoms with E-state index in [1.165, 1.54) is 0 Å². The number of hydrogen-bond donors (Lipinski definition) is 1. The Hall–Kier alpha value is -1.68. The summed E-state index contributed by atoms with van der Waals surface area (Å²) in [7, 11) is 0. The summed E-state index contributed by atoms with van der Waals surface area (Å²) in [5.74, 6) is -0.585. The first-order chi connectivity index (χ1) is 11.6. The Morgan fingerprint density at radius 1 is 0.875 bits per heavy atom. The molecule has 1 spiro atoms. The minimum Gasteiger partial charge on any atom is -0.396 e. The molecule has 3 unspecified atom stereocenters. The van der Waals surface area contributed by atoms with Gasteiger partial charge in [-0.05, 0) is 23.0 Å². The minimum absolute atomic E-state index is 0.116. The molecule has 0 amide bonds. The van der Waals surface area contributed by atoms with Gasteiger partial charge in [0.15, 0.2) is 5.79 Å². The van der Waals surface area contributed by atoms with Gasteiger partial charge in [0.25, 0.3) is 0 Å². The smallest absolute Gasteiger partial charge is 0.170 e. The zero-order valence-corrected chi connectivity index (χ0v) is 14.0. The van der Waals surface area contributed by atoms with Crippen LogP contribution in [0.2, 0.25) is 0 Å². The van der Waals surface area contributed by atoms with E-state index < -0.39 is 5.79 Å². The molecule has 2 fully saturated rings. The van der Waals surface area contributed by atoms with Crippen molar-refractivity contribution in [3.05, 3.63) is 71.8 Å². The van der Waals surface area contributed by atoms with E-state index in [0.717, 1.165) is 30.4 Å². The molecule has 0 aromatic heterocycles. The van der Waals surface area contributed by atoms with Crippen LogP contribution in [-0.4, -0.2) is 17.5 Å². The van der Waals surface area contributed by atoms with Gasteiger partial charge in [-0.3, -0.25) is 0 Å². The van der Waals surface area contributed by atoms with E-state index in [0.29, 0.717) is 0 Å². The zero-order valence-electron chi connectivity index (χ0n) is 14.0. The van der Waals surface area contributed by atoms with Crippen LogP contribution >= 0.6 is 0 Å². The number of benzene rings is 2. The quantitative estimate of drug-likeness (QED) is 0.910. The van der Waals surface area contributed by atoms with Crippen LogP contribution in [0.25, 0.3) is 0 Å². The molecule has 4 rings (SSSR count). The SMILES string of the molecule is CC1(CO)CCC2(C1)OC(c1ccccc1)[C@H](c1ccccc1)O2. The predicted octanol–water partition coefficient (Wildman–Crippen LogP) is 4.39. The molecule has 1 aliphatic carbocycles. The first kappa shape index (κ1) is 15.8. The van der Waals surface area contributed by atoms with Crippen molar-refractivity contribution in [1.82, 2.24) is 0 Å². The highest BCUT2D eigenvalue weighted by Crippen LogP contribution is 2.57. The van der Waals surface area contributed by atoms with E-state index in [2.05, 4.69) is 31.2 Å². The average Bonchev–Trinajstić information content (AvgIpc) is 3.17. The topological polar surface area (TPSA) is 38.7 Å². The second kappa shape index (κ2) is 5.99. The van der Waals surface area contributed by atoms with Gasteiger partial charge < -0.3 is 14.6 Å². The summed E-state index contributed by atoms with van der Waals surface area (Å²) < 4.78 is 13.1. The monoisotopic (exact) mass is 324 g/mol. The maximum absolute atomic E-state index is 9.72. The van der Waals surface area contributed by atoms with Crippen LogP contribution in [0, 0.1) is 5.41 Å². The van der Waals surface area contributed by atoms with Crippen molar-refractivity contribution in [2.45, 2.75) is 44.2 Å². The number of hydrogen-bond acceptors (Lipinski definition) is 3. The minimum atomic E-state index is -0.585. The molecular formula is C21H24O3. The van der Waals surface area contributed by atoms with E-state index in [9.17, 15) is 5.11 Å². The Kier molecular flexibility index (Phi) is 3.95. The van der Waals surface area contributed by atoms with Crippen LogP contribution in [0.15, 0.2) is 60.7 Å². The molecule has 4 atom stereocenters. The van der Waals surface area contributed by atoms with Crippen molar-refractivity contribution in [1.29, 1.82) is 0 Å². The summed E-state index contributed by atoms with van der Waals surface area (Å²) in [5.41, 5.74) is 2.16. The van der Waals surface area contributed by atoms with Gasteiger partial charge in [-0.2, -0.15) is 0 Å². The number of aliphatic hydroxyl groups is 1. The highest BCUT2D eigenvalue weighted by Gasteiger charge is 2.55. The van der Waals surface area contributed by atoms with Crippen LogP contribution in [0.1, 0.15) is 49.5 Å². The fourth-order valence-corrected chi connectivity index (χ4v) is 4.04. The summed E-state index contributed by atoms with van der Waals surface area (Å²) in [6.45, 7) is 2.29. The standard InChI is InChI=1S/C21H24O3/c1-20(15-22)12-13-21(14-20)23-18(16-8-4-2-5-9-16)19(24-21)17-10-6-3-7-11-17/h2-11,18-19,22H,12-15H2,1H3/t18-,19?,20?,21?/m0/s1. The molecule has 24 heavy (non-hydrogen) atoms. The molecule has 3 heteroatoms. The van der Waals surface area contributed by atoms with Gasteiger partial charge in [-0.15, -0.1) is 0 Å². The van der Waals surface area contributed by atoms with Crippen molar-refractivity contribution in [3.8, 4) is 0 Å².